The second-order valence-electron chi connectivity index (χ2n) is 6.19. The molecule has 6 heteroatoms. The van der Waals surface area contributed by atoms with Crippen LogP contribution in [0.25, 0.3) is 0 Å². The Hall–Kier alpha value is -2.70. The number of rotatable bonds is 7. The van der Waals surface area contributed by atoms with Crippen LogP contribution in [0.2, 0.25) is 0 Å². The average Bonchev–Trinajstić information content (AvgIpc) is 2.72. The van der Waals surface area contributed by atoms with E-state index in [0.717, 1.165) is 15.8 Å². The molecule has 3 rings (SSSR count). The van der Waals surface area contributed by atoms with Crippen molar-refractivity contribution in [2.24, 2.45) is 0 Å². The van der Waals surface area contributed by atoms with Gasteiger partial charge in [0.15, 0.2) is 0 Å². The van der Waals surface area contributed by atoms with Crippen molar-refractivity contribution in [1.29, 1.82) is 0 Å². The summed E-state index contributed by atoms with van der Waals surface area (Å²) in [5.74, 6) is 0.0854. The SMILES string of the molecule is O=C(NCC(O)c1ccc(F)cc1)c1ccc(COc2ccccc2Br)cc1. The molecule has 0 aliphatic heterocycles. The summed E-state index contributed by atoms with van der Waals surface area (Å²) in [4.78, 5) is 12.3. The Morgan fingerprint density at radius 1 is 1.04 bits per heavy atom. The first-order valence-corrected chi connectivity index (χ1v) is 9.50. The molecule has 1 atom stereocenters. The summed E-state index contributed by atoms with van der Waals surface area (Å²) in [6.07, 6.45) is -0.901. The third kappa shape index (κ3) is 5.41. The summed E-state index contributed by atoms with van der Waals surface area (Å²) in [5.41, 5.74) is 1.95. The zero-order valence-corrected chi connectivity index (χ0v) is 16.5. The number of carbonyl (C=O) groups is 1. The van der Waals surface area contributed by atoms with Gasteiger partial charge in [-0.15, -0.1) is 0 Å². The molecule has 0 aliphatic rings. The van der Waals surface area contributed by atoms with Gasteiger partial charge in [0.1, 0.15) is 18.2 Å². The number of halogens is 2. The van der Waals surface area contributed by atoms with Gasteiger partial charge in [0, 0.05) is 12.1 Å². The lowest BCUT2D eigenvalue weighted by molar-refractivity contribution is 0.0916. The highest BCUT2D eigenvalue weighted by Gasteiger charge is 2.11. The van der Waals surface area contributed by atoms with Crippen LogP contribution in [0.5, 0.6) is 5.75 Å². The van der Waals surface area contributed by atoms with E-state index in [4.69, 9.17) is 4.74 Å². The summed E-state index contributed by atoms with van der Waals surface area (Å²) in [6, 6.07) is 20.2. The monoisotopic (exact) mass is 443 g/mol. The fraction of sp³-hybridized carbons (Fsp3) is 0.136. The molecule has 0 saturated heterocycles. The van der Waals surface area contributed by atoms with Gasteiger partial charge in [-0.1, -0.05) is 36.4 Å². The molecule has 1 unspecified atom stereocenters. The largest absolute Gasteiger partial charge is 0.488 e. The summed E-state index contributed by atoms with van der Waals surface area (Å²) < 4.78 is 19.6. The van der Waals surface area contributed by atoms with Crippen molar-refractivity contribution in [3.63, 3.8) is 0 Å². The molecule has 4 nitrogen and oxygen atoms in total. The number of nitrogens with one attached hydrogen (secondary N) is 1. The molecule has 0 radical (unpaired) electrons. The Bertz CT molecular complexity index is 929. The zero-order chi connectivity index (χ0) is 19.9. The molecule has 0 fully saturated rings. The van der Waals surface area contributed by atoms with E-state index in [9.17, 15) is 14.3 Å². The molecule has 0 heterocycles. The topological polar surface area (TPSA) is 58.6 Å². The first-order chi connectivity index (χ1) is 13.5. The highest BCUT2D eigenvalue weighted by atomic mass is 79.9. The highest BCUT2D eigenvalue weighted by molar-refractivity contribution is 9.10. The molecular weight excluding hydrogens is 425 g/mol. The lowest BCUT2D eigenvalue weighted by Crippen LogP contribution is -2.28. The fourth-order valence-electron chi connectivity index (χ4n) is 2.57. The maximum Gasteiger partial charge on any atom is 0.251 e. The van der Waals surface area contributed by atoms with Crippen molar-refractivity contribution in [1.82, 2.24) is 5.32 Å². The van der Waals surface area contributed by atoms with Crippen LogP contribution in [0, 0.1) is 5.82 Å². The number of carbonyl (C=O) groups excluding carboxylic acids is 1. The van der Waals surface area contributed by atoms with Crippen molar-refractivity contribution >= 4 is 21.8 Å². The third-order valence-corrected chi connectivity index (χ3v) is 4.81. The zero-order valence-electron chi connectivity index (χ0n) is 14.9. The molecule has 0 bridgehead atoms. The van der Waals surface area contributed by atoms with E-state index in [1.807, 2.05) is 36.4 Å². The number of hydrogen-bond acceptors (Lipinski definition) is 3. The number of ether oxygens (including phenoxy) is 1. The molecule has 2 N–H and O–H groups in total. The Kier molecular flexibility index (Phi) is 6.79. The van der Waals surface area contributed by atoms with E-state index in [0.29, 0.717) is 17.7 Å². The number of para-hydroxylation sites is 1. The van der Waals surface area contributed by atoms with Crippen molar-refractivity contribution in [3.05, 3.63) is 99.8 Å². The van der Waals surface area contributed by atoms with Crippen molar-refractivity contribution < 1.29 is 19.0 Å². The summed E-state index contributed by atoms with van der Waals surface area (Å²) >= 11 is 3.43. The van der Waals surface area contributed by atoms with Gasteiger partial charge < -0.3 is 15.2 Å². The number of aliphatic hydroxyl groups excluding tert-OH is 1. The normalized spacial score (nSPS) is 11.7. The average molecular weight is 444 g/mol. The Morgan fingerprint density at radius 2 is 1.71 bits per heavy atom. The molecule has 0 aliphatic carbocycles. The number of aliphatic hydroxyl groups is 1. The molecule has 0 aromatic heterocycles. The smallest absolute Gasteiger partial charge is 0.251 e. The maximum absolute atomic E-state index is 12.9. The van der Waals surface area contributed by atoms with Crippen LogP contribution in [0.1, 0.15) is 27.6 Å². The van der Waals surface area contributed by atoms with Crippen LogP contribution >= 0.6 is 15.9 Å². The molecule has 1 amide bonds. The van der Waals surface area contributed by atoms with E-state index in [1.165, 1.54) is 24.3 Å². The maximum atomic E-state index is 12.9. The van der Waals surface area contributed by atoms with Crippen LogP contribution in [0.3, 0.4) is 0 Å². The number of hydrogen-bond donors (Lipinski definition) is 2. The Labute approximate surface area is 171 Å². The quantitative estimate of drug-likeness (QED) is 0.559. The summed E-state index contributed by atoms with van der Waals surface area (Å²) in [5, 5.41) is 12.8. The van der Waals surface area contributed by atoms with E-state index >= 15 is 0 Å². The van der Waals surface area contributed by atoms with Gasteiger partial charge in [0.25, 0.3) is 5.91 Å². The first-order valence-electron chi connectivity index (χ1n) is 8.71. The molecule has 144 valence electrons. The van der Waals surface area contributed by atoms with E-state index in [-0.39, 0.29) is 18.3 Å². The first kappa shape index (κ1) is 20.0. The van der Waals surface area contributed by atoms with Gasteiger partial charge in [0.05, 0.1) is 10.6 Å². The molecule has 0 saturated carbocycles. The van der Waals surface area contributed by atoms with Crippen molar-refractivity contribution in [3.8, 4) is 5.75 Å². The van der Waals surface area contributed by atoms with Crippen LogP contribution in [-0.2, 0) is 6.61 Å². The molecule has 3 aromatic rings. The predicted molar refractivity (Wildman–Crippen MR) is 109 cm³/mol. The molecule has 28 heavy (non-hydrogen) atoms. The van der Waals surface area contributed by atoms with Crippen LogP contribution in [-0.4, -0.2) is 17.6 Å². The van der Waals surface area contributed by atoms with E-state index < -0.39 is 6.10 Å². The molecule has 3 aromatic carbocycles. The lowest BCUT2D eigenvalue weighted by atomic mass is 10.1. The van der Waals surface area contributed by atoms with Gasteiger partial charge in [-0.25, -0.2) is 4.39 Å². The standard InChI is InChI=1S/C22H19BrFNO3/c23-19-3-1-2-4-21(19)28-14-15-5-7-17(8-6-15)22(27)25-13-20(26)16-9-11-18(24)12-10-16/h1-12,20,26H,13-14H2,(H,25,27). The Morgan fingerprint density at radius 3 is 2.39 bits per heavy atom. The second kappa shape index (κ2) is 9.48. The van der Waals surface area contributed by atoms with Crippen molar-refractivity contribution in [2.45, 2.75) is 12.7 Å². The fourth-order valence-corrected chi connectivity index (χ4v) is 2.97. The van der Waals surface area contributed by atoms with Crippen LogP contribution < -0.4 is 10.1 Å². The molecule has 0 spiro atoms. The minimum Gasteiger partial charge on any atom is -0.488 e. The third-order valence-electron chi connectivity index (χ3n) is 4.16. The Balaban J connectivity index is 1.52. The highest BCUT2D eigenvalue weighted by Crippen LogP contribution is 2.24. The van der Waals surface area contributed by atoms with Gasteiger partial charge >= 0.3 is 0 Å². The van der Waals surface area contributed by atoms with Crippen LogP contribution in [0.4, 0.5) is 4.39 Å². The lowest BCUT2D eigenvalue weighted by Gasteiger charge is -2.13. The van der Waals surface area contributed by atoms with Gasteiger partial charge in [0.2, 0.25) is 0 Å². The molecular formula is C22H19BrFNO3. The van der Waals surface area contributed by atoms with Gasteiger partial charge in [-0.05, 0) is 63.5 Å². The van der Waals surface area contributed by atoms with E-state index in [2.05, 4.69) is 21.2 Å². The van der Waals surface area contributed by atoms with E-state index in [1.54, 1.807) is 12.1 Å². The van der Waals surface area contributed by atoms with Gasteiger partial charge in [-0.3, -0.25) is 4.79 Å². The predicted octanol–water partition coefficient (Wildman–Crippen LogP) is 4.63. The summed E-state index contributed by atoms with van der Waals surface area (Å²) in [6.45, 7) is 0.422. The van der Waals surface area contributed by atoms with Gasteiger partial charge in [-0.2, -0.15) is 0 Å². The van der Waals surface area contributed by atoms with Crippen LogP contribution in [0.15, 0.2) is 77.3 Å². The summed E-state index contributed by atoms with van der Waals surface area (Å²) in [7, 11) is 0. The number of benzene rings is 3. The minimum absolute atomic E-state index is 0.0390. The number of amides is 1. The van der Waals surface area contributed by atoms with Crippen molar-refractivity contribution in [2.75, 3.05) is 6.54 Å². The minimum atomic E-state index is -0.901. The second-order valence-corrected chi connectivity index (χ2v) is 7.05.